The van der Waals surface area contributed by atoms with E-state index in [1.807, 2.05) is 4.90 Å². The lowest BCUT2D eigenvalue weighted by Crippen LogP contribution is -2.37. The number of nitrogens with zero attached hydrogens (tertiary/aromatic N) is 1. The zero-order valence-corrected chi connectivity index (χ0v) is 18.3. The van der Waals surface area contributed by atoms with Gasteiger partial charge in [-0.25, -0.2) is 0 Å². The van der Waals surface area contributed by atoms with Crippen LogP contribution < -0.4 is 5.32 Å². The van der Waals surface area contributed by atoms with Crippen molar-refractivity contribution >= 4 is 11.9 Å². The molecule has 0 radical (unpaired) electrons. The molecule has 6 nitrogen and oxygen atoms in total. The molecule has 166 valence electrons. The predicted octanol–water partition coefficient (Wildman–Crippen LogP) is 3.66. The van der Waals surface area contributed by atoms with E-state index >= 15 is 0 Å². The van der Waals surface area contributed by atoms with E-state index in [1.165, 1.54) is 64.9 Å². The molecular formula is C22H44N2O4. The molecular weight excluding hydrogens is 356 g/mol. The van der Waals surface area contributed by atoms with Crippen LogP contribution in [0.25, 0.3) is 0 Å². The van der Waals surface area contributed by atoms with E-state index in [1.54, 1.807) is 0 Å². The summed E-state index contributed by atoms with van der Waals surface area (Å²) in [5, 5.41) is 12.0. The first-order chi connectivity index (χ1) is 13.6. The highest BCUT2D eigenvalue weighted by molar-refractivity contribution is 5.75. The summed E-state index contributed by atoms with van der Waals surface area (Å²) in [5.41, 5.74) is 0. The highest BCUT2D eigenvalue weighted by Crippen LogP contribution is 2.11. The summed E-state index contributed by atoms with van der Waals surface area (Å²) < 4.78 is 4.63. The van der Waals surface area contributed by atoms with Crippen molar-refractivity contribution in [1.82, 2.24) is 10.2 Å². The molecule has 0 heterocycles. The zero-order valence-electron chi connectivity index (χ0n) is 18.3. The quantitative estimate of drug-likeness (QED) is 0.241. The van der Waals surface area contributed by atoms with Crippen molar-refractivity contribution in [3.05, 3.63) is 0 Å². The maximum Gasteiger partial charge on any atom is 0.306 e. The van der Waals surface area contributed by atoms with E-state index in [-0.39, 0.29) is 18.5 Å². The third kappa shape index (κ3) is 18.2. The number of hydrogen-bond acceptors (Lipinski definition) is 5. The van der Waals surface area contributed by atoms with Crippen molar-refractivity contribution < 1.29 is 19.4 Å². The number of hydrogen-bond donors (Lipinski definition) is 2. The molecule has 0 bridgehead atoms. The first-order valence-electron chi connectivity index (χ1n) is 11.3. The molecule has 28 heavy (non-hydrogen) atoms. The second-order valence-electron chi connectivity index (χ2n) is 7.53. The lowest BCUT2D eigenvalue weighted by Gasteiger charge is -2.20. The fraction of sp³-hybridized carbons (Fsp3) is 0.909. The van der Waals surface area contributed by atoms with Crippen molar-refractivity contribution in [2.24, 2.45) is 0 Å². The molecule has 6 heteroatoms. The number of unbranched alkanes of at least 4 members (excludes halogenated alkanes) is 10. The number of carbonyl (C=O) groups excluding carboxylic acids is 2. The van der Waals surface area contributed by atoms with Crippen molar-refractivity contribution in [3.8, 4) is 0 Å². The van der Waals surface area contributed by atoms with Crippen molar-refractivity contribution in [1.29, 1.82) is 0 Å². The second kappa shape index (κ2) is 20.6. The van der Waals surface area contributed by atoms with Crippen LogP contribution in [-0.2, 0) is 14.3 Å². The number of methoxy groups -OCH3 is 1. The third-order valence-corrected chi connectivity index (χ3v) is 5.03. The normalized spacial score (nSPS) is 11.0. The average molecular weight is 401 g/mol. The fourth-order valence-electron chi connectivity index (χ4n) is 3.22. The Morgan fingerprint density at radius 3 is 1.93 bits per heavy atom. The lowest BCUT2D eigenvalue weighted by atomic mass is 10.1. The van der Waals surface area contributed by atoms with E-state index in [0.29, 0.717) is 39.0 Å². The number of ether oxygens (including phenoxy) is 1. The molecule has 0 aliphatic carbocycles. The number of esters is 1. The van der Waals surface area contributed by atoms with Gasteiger partial charge >= 0.3 is 5.97 Å². The Bertz CT molecular complexity index is 378. The number of rotatable bonds is 20. The Balaban J connectivity index is 3.53. The Labute approximate surface area is 172 Å². The monoisotopic (exact) mass is 400 g/mol. The van der Waals surface area contributed by atoms with E-state index in [4.69, 9.17) is 5.11 Å². The largest absolute Gasteiger partial charge is 0.469 e. The van der Waals surface area contributed by atoms with Gasteiger partial charge in [0.15, 0.2) is 0 Å². The van der Waals surface area contributed by atoms with Crippen LogP contribution in [0.15, 0.2) is 0 Å². The van der Waals surface area contributed by atoms with Gasteiger partial charge < -0.3 is 15.2 Å². The molecule has 0 saturated heterocycles. The maximum atomic E-state index is 11.9. The van der Waals surface area contributed by atoms with E-state index in [2.05, 4.69) is 17.0 Å². The van der Waals surface area contributed by atoms with Crippen molar-refractivity contribution in [3.63, 3.8) is 0 Å². The summed E-state index contributed by atoms with van der Waals surface area (Å²) in [6.45, 7) is 4.47. The van der Waals surface area contributed by atoms with Crippen molar-refractivity contribution in [2.75, 3.05) is 39.9 Å². The van der Waals surface area contributed by atoms with Crippen LogP contribution in [0.3, 0.4) is 0 Å². The van der Waals surface area contributed by atoms with Crippen LogP contribution in [0.4, 0.5) is 0 Å². The van der Waals surface area contributed by atoms with E-state index < -0.39 is 0 Å². The Morgan fingerprint density at radius 2 is 1.39 bits per heavy atom. The topological polar surface area (TPSA) is 78.9 Å². The van der Waals surface area contributed by atoms with Crippen LogP contribution in [0.2, 0.25) is 0 Å². The van der Waals surface area contributed by atoms with Gasteiger partial charge in [-0.1, -0.05) is 71.1 Å². The molecule has 0 aromatic rings. The van der Waals surface area contributed by atoms with Crippen LogP contribution >= 0.6 is 0 Å². The van der Waals surface area contributed by atoms with Gasteiger partial charge in [-0.3, -0.25) is 14.5 Å². The maximum absolute atomic E-state index is 11.9. The molecule has 2 N–H and O–H groups in total. The molecule has 0 aromatic heterocycles. The standard InChI is InChI=1S/C22H44N2O4/c1-3-4-5-6-7-8-9-10-11-12-13-14-21(26)23-16-18-24(19-20-25)17-15-22(27)28-2/h25H,3-20H2,1-2H3,(H,23,26). The SMILES string of the molecule is CCCCCCCCCCCCCC(=O)NCCN(CCO)CCC(=O)OC. The fourth-order valence-corrected chi connectivity index (χ4v) is 3.22. The Hall–Kier alpha value is -1.14. The third-order valence-electron chi connectivity index (χ3n) is 5.03. The minimum absolute atomic E-state index is 0.0356. The molecule has 0 unspecified atom stereocenters. The van der Waals surface area contributed by atoms with Crippen LogP contribution in [0, 0.1) is 0 Å². The molecule has 0 aromatic carbocycles. The second-order valence-corrected chi connectivity index (χ2v) is 7.53. The van der Waals surface area contributed by atoms with Gasteiger partial charge in [-0.2, -0.15) is 0 Å². The lowest BCUT2D eigenvalue weighted by molar-refractivity contribution is -0.141. The number of amides is 1. The minimum atomic E-state index is -0.261. The molecule has 0 spiro atoms. The number of nitrogens with one attached hydrogen (secondary N) is 1. The highest BCUT2D eigenvalue weighted by Gasteiger charge is 2.09. The van der Waals surface area contributed by atoms with Crippen LogP contribution in [-0.4, -0.2) is 61.8 Å². The number of carbonyl (C=O) groups is 2. The minimum Gasteiger partial charge on any atom is -0.469 e. The van der Waals surface area contributed by atoms with Gasteiger partial charge in [0, 0.05) is 32.6 Å². The molecule has 1 amide bonds. The summed E-state index contributed by atoms with van der Waals surface area (Å²) in [4.78, 5) is 25.1. The van der Waals surface area contributed by atoms with Crippen LogP contribution in [0.5, 0.6) is 0 Å². The van der Waals surface area contributed by atoms with E-state index in [9.17, 15) is 9.59 Å². The molecule has 0 rings (SSSR count). The summed E-state index contributed by atoms with van der Waals surface area (Å²) >= 11 is 0. The smallest absolute Gasteiger partial charge is 0.306 e. The molecule has 0 fully saturated rings. The van der Waals surface area contributed by atoms with Gasteiger partial charge in [-0.05, 0) is 6.42 Å². The van der Waals surface area contributed by atoms with Gasteiger partial charge in [0.25, 0.3) is 0 Å². The van der Waals surface area contributed by atoms with Crippen molar-refractivity contribution in [2.45, 2.75) is 90.4 Å². The van der Waals surface area contributed by atoms with Gasteiger partial charge in [0.05, 0.1) is 20.1 Å². The number of aliphatic hydroxyl groups excluding tert-OH is 1. The first kappa shape index (κ1) is 26.9. The molecule has 0 aliphatic rings. The average Bonchev–Trinajstić information content (AvgIpc) is 2.69. The predicted molar refractivity (Wildman–Crippen MR) is 114 cm³/mol. The van der Waals surface area contributed by atoms with Gasteiger partial charge in [0.2, 0.25) is 5.91 Å². The summed E-state index contributed by atoms with van der Waals surface area (Å²) in [6.07, 6.45) is 14.9. The summed E-state index contributed by atoms with van der Waals surface area (Å²) in [7, 11) is 1.37. The summed E-state index contributed by atoms with van der Waals surface area (Å²) in [6, 6.07) is 0. The summed E-state index contributed by atoms with van der Waals surface area (Å²) in [5.74, 6) is -0.170. The Kier molecular flexibility index (Phi) is 19.8. The molecule has 0 saturated carbocycles. The van der Waals surface area contributed by atoms with Gasteiger partial charge in [-0.15, -0.1) is 0 Å². The van der Waals surface area contributed by atoms with E-state index in [0.717, 1.165) is 12.8 Å². The molecule has 0 aliphatic heterocycles. The Morgan fingerprint density at radius 1 is 0.821 bits per heavy atom. The first-order valence-corrected chi connectivity index (χ1v) is 11.3. The number of aliphatic hydroxyl groups is 1. The zero-order chi connectivity index (χ0) is 20.9. The van der Waals surface area contributed by atoms with Crippen LogP contribution in [0.1, 0.15) is 90.4 Å². The highest BCUT2D eigenvalue weighted by atomic mass is 16.5. The van der Waals surface area contributed by atoms with Gasteiger partial charge in [0.1, 0.15) is 0 Å². The molecule has 0 atom stereocenters.